The molecule has 0 aliphatic carbocycles. The minimum Gasteiger partial charge on any atom is -0.392 e. The number of benzene rings is 1. The standard InChI is InChI=1S/C13H18N2O3/c1-8-5-4-6-9(2)11(8)15-13(18)12(17)14-7-10(3)16/h4-6,10,16H,7H2,1-3H3,(H,14,17)(H,15,18). The van der Waals surface area contributed by atoms with Crippen molar-refractivity contribution < 1.29 is 14.7 Å². The number of carbonyl (C=O) groups is 2. The molecule has 0 saturated carbocycles. The van der Waals surface area contributed by atoms with E-state index in [2.05, 4.69) is 10.6 Å². The van der Waals surface area contributed by atoms with Gasteiger partial charge in [0, 0.05) is 12.2 Å². The fourth-order valence-electron chi connectivity index (χ4n) is 1.50. The Bertz CT molecular complexity index is 435. The van der Waals surface area contributed by atoms with Gasteiger partial charge < -0.3 is 15.7 Å². The van der Waals surface area contributed by atoms with Crippen LogP contribution in [0.15, 0.2) is 18.2 Å². The molecule has 0 aromatic heterocycles. The van der Waals surface area contributed by atoms with Crippen LogP contribution in [0, 0.1) is 13.8 Å². The van der Waals surface area contributed by atoms with Gasteiger partial charge in [0.05, 0.1) is 6.10 Å². The molecule has 0 fully saturated rings. The number of anilines is 1. The molecule has 0 aliphatic heterocycles. The van der Waals surface area contributed by atoms with Gasteiger partial charge in [-0.3, -0.25) is 9.59 Å². The number of hydrogen-bond donors (Lipinski definition) is 3. The van der Waals surface area contributed by atoms with Gasteiger partial charge in [0.1, 0.15) is 0 Å². The Labute approximate surface area is 106 Å². The number of hydrogen-bond acceptors (Lipinski definition) is 3. The molecule has 5 nitrogen and oxygen atoms in total. The van der Waals surface area contributed by atoms with Crippen molar-refractivity contribution in [1.82, 2.24) is 5.32 Å². The van der Waals surface area contributed by atoms with Crippen LogP contribution in [0.2, 0.25) is 0 Å². The van der Waals surface area contributed by atoms with Crippen molar-refractivity contribution in [2.24, 2.45) is 0 Å². The summed E-state index contributed by atoms with van der Waals surface area (Å²) in [5, 5.41) is 13.9. The van der Waals surface area contributed by atoms with Gasteiger partial charge in [-0.2, -0.15) is 0 Å². The smallest absolute Gasteiger partial charge is 0.313 e. The number of aliphatic hydroxyl groups is 1. The van der Waals surface area contributed by atoms with E-state index < -0.39 is 17.9 Å². The summed E-state index contributed by atoms with van der Waals surface area (Å²) < 4.78 is 0. The number of amides is 2. The topological polar surface area (TPSA) is 78.4 Å². The lowest BCUT2D eigenvalue weighted by Crippen LogP contribution is -2.39. The second-order valence-corrected chi connectivity index (χ2v) is 4.28. The number of aryl methyl sites for hydroxylation is 2. The second-order valence-electron chi connectivity index (χ2n) is 4.28. The van der Waals surface area contributed by atoms with Crippen LogP contribution in [-0.4, -0.2) is 29.6 Å². The van der Waals surface area contributed by atoms with Crippen LogP contribution < -0.4 is 10.6 Å². The average Bonchev–Trinajstić information content (AvgIpc) is 2.30. The molecule has 0 saturated heterocycles. The molecule has 1 rings (SSSR count). The van der Waals surface area contributed by atoms with Gasteiger partial charge in [0.15, 0.2) is 0 Å². The van der Waals surface area contributed by atoms with Crippen molar-refractivity contribution in [3.63, 3.8) is 0 Å². The second kappa shape index (κ2) is 6.16. The predicted molar refractivity (Wildman–Crippen MR) is 69.2 cm³/mol. The lowest BCUT2D eigenvalue weighted by atomic mass is 10.1. The van der Waals surface area contributed by atoms with E-state index in [0.717, 1.165) is 11.1 Å². The zero-order chi connectivity index (χ0) is 13.7. The summed E-state index contributed by atoms with van der Waals surface area (Å²) in [5.41, 5.74) is 2.44. The molecule has 0 bridgehead atoms. The molecule has 0 heterocycles. The van der Waals surface area contributed by atoms with Gasteiger partial charge in [0.2, 0.25) is 0 Å². The molecule has 1 unspecified atom stereocenters. The highest BCUT2D eigenvalue weighted by molar-refractivity contribution is 6.39. The van der Waals surface area contributed by atoms with Crippen molar-refractivity contribution in [3.05, 3.63) is 29.3 Å². The normalized spacial score (nSPS) is 11.8. The maximum Gasteiger partial charge on any atom is 0.313 e. The van der Waals surface area contributed by atoms with Crippen LogP contribution in [0.4, 0.5) is 5.69 Å². The number of nitrogens with one attached hydrogen (secondary N) is 2. The lowest BCUT2D eigenvalue weighted by Gasteiger charge is -2.11. The first-order valence-electron chi connectivity index (χ1n) is 5.75. The Morgan fingerprint density at radius 2 is 1.78 bits per heavy atom. The molecule has 1 aromatic carbocycles. The SMILES string of the molecule is Cc1cccc(C)c1NC(=O)C(=O)NCC(C)O. The first-order valence-corrected chi connectivity index (χ1v) is 5.75. The molecule has 5 heteroatoms. The Hall–Kier alpha value is -1.88. The molecule has 1 atom stereocenters. The van der Waals surface area contributed by atoms with Crippen LogP contribution in [-0.2, 0) is 9.59 Å². The molecule has 1 aromatic rings. The Morgan fingerprint density at radius 1 is 1.22 bits per heavy atom. The molecule has 0 spiro atoms. The van der Waals surface area contributed by atoms with E-state index >= 15 is 0 Å². The van der Waals surface area contributed by atoms with Gasteiger partial charge in [0.25, 0.3) is 0 Å². The van der Waals surface area contributed by atoms with Gasteiger partial charge in [-0.1, -0.05) is 18.2 Å². The molecular formula is C13H18N2O3. The molecule has 3 N–H and O–H groups in total. The summed E-state index contributed by atoms with van der Waals surface area (Å²) in [6.07, 6.45) is -0.679. The molecular weight excluding hydrogens is 232 g/mol. The first-order chi connectivity index (χ1) is 8.41. The summed E-state index contributed by atoms with van der Waals surface area (Å²) in [6, 6.07) is 5.60. The quantitative estimate of drug-likeness (QED) is 0.692. The maximum atomic E-state index is 11.6. The highest BCUT2D eigenvalue weighted by Gasteiger charge is 2.15. The highest BCUT2D eigenvalue weighted by atomic mass is 16.3. The first kappa shape index (κ1) is 14.2. The van der Waals surface area contributed by atoms with E-state index in [0.29, 0.717) is 5.69 Å². The molecule has 18 heavy (non-hydrogen) atoms. The summed E-state index contributed by atoms with van der Waals surface area (Å²) in [6.45, 7) is 5.30. The van der Waals surface area contributed by atoms with E-state index in [9.17, 15) is 9.59 Å². The van der Waals surface area contributed by atoms with E-state index in [1.807, 2.05) is 32.0 Å². The number of para-hydroxylation sites is 1. The fraction of sp³-hybridized carbons (Fsp3) is 0.385. The van der Waals surface area contributed by atoms with Crippen molar-refractivity contribution in [1.29, 1.82) is 0 Å². The number of aliphatic hydroxyl groups excluding tert-OH is 1. The number of rotatable bonds is 3. The monoisotopic (exact) mass is 250 g/mol. The van der Waals surface area contributed by atoms with Crippen LogP contribution in [0.3, 0.4) is 0 Å². The Kier molecular flexibility index (Phi) is 4.85. The lowest BCUT2D eigenvalue weighted by molar-refractivity contribution is -0.136. The van der Waals surface area contributed by atoms with Crippen LogP contribution in [0.5, 0.6) is 0 Å². The molecule has 0 aliphatic rings. The van der Waals surface area contributed by atoms with Gasteiger partial charge in [-0.25, -0.2) is 0 Å². The van der Waals surface area contributed by atoms with E-state index in [1.54, 1.807) is 0 Å². The third-order valence-corrected chi connectivity index (χ3v) is 2.48. The minimum atomic E-state index is -0.751. The third-order valence-electron chi connectivity index (χ3n) is 2.48. The van der Waals surface area contributed by atoms with Gasteiger partial charge in [-0.05, 0) is 31.9 Å². The third kappa shape index (κ3) is 3.85. The van der Waals surface area contributed by atoms with Gasteiger partial charge in [-0.15, -0.1) is 0 Å². The average molecular weight is 250 g/mol. The maximum absolute atomic E-state index is 11.6. The zero-order valence-electron chi connectivity index (χ0n) is 10.8. The zero-order valence-corrected chi connectivity index (χ0v) is 10.8. The largest absolute Gasteiger partial charge is 0.392 e. The van der Waals surface area contributed by atoms with Crippen LogP contribution in [0.25, 0.3) is 0 Å². The summed E-state index contributed by atoms with van der Waals surface area (Å²) in [5.74, 6) is -1.48. The van der Waals surface area contributed by atoms with Crippen LogP contribution >= 0.6 is 0 Å². The van der Waals surface area contributed by atoms with E-state index in [4.69, 9.17) is 5.11 Å². The molecule has 2 amide bonds. The van der Waals surface area contributed by atoms with Crippen molar-refractivity contribution in [3.8, 4) is 0 Å². The van der Waals surface area contributed by atoms with Crippen molar-refractivity contribution in [2.75, 3.05) is 11.9 Å². The molecule has 98 valence electrons. The van der Waals surface area contributed by atoms with E-state index in [1.165, 1.54) is 6.92 Å². The predicted octanol–water partition coefficient (Wildman–Crippen LogP) is 0.739. The summed E-state index contributed by atoms with van der Waals surface area (Å²) >= 11 is 0. The Morgan fingerprint density at radius 3 is 2.28 bits per heavy atom. The number of carbonyl (C=O) groups excluding carboxylic acids is 2. The highest BCUT2D eigenvalue weighted by Crippen LogP contribution is 2.18. The minimum absolute atomic E-state index is 0.0546. The van der Waals surface area contributed by atoms with Gasteiger partial charge >= 0.3 is 11.8 Å². The van der Waals surface area contributed by atoms with Crippen molar-refractivity contribution >= 4 is 17.5 Å². The Balaban J connectivity index is 2.67. The summed E-state index contributed by atoms with van der Waals surface area (Å²) in [7, 11) is 0. The van der Waals surface area contributed by atoms with Crippen LogP contribution in [0.1, 0.15) is 18.1 Å². The molecule has 0 radical (unpaired) electrons. The summed E-state index contributed by atoms with van der Waals surface area (Å²) in [4.78, 5) is 23.1. The van der Waals surface area contributed by atoms with E-state index in [-0.39, 0.29) is 6.54 Å². The fourth-order valence-corrected chi connectivity index (χ4v) is 1.50. The van der Waals surface area contributed by atoms with Crippen molar-refractivity contribution in [2.45, 2.75) is 26.9 Å².